The molecule has 0 unspecified atom stereocenters. The van der Waals surface area contributed by atoms with Crippen LogP contribution >= 0.6 is 34.5 Å². The topological polar surface area (TPSA) is 92.3 Å². The SMILES string of the molecule is O=C(Nc1ccc(Cl)cc1)c1nnc([C@H]2CCCN(S(=O)(=O)c3ccccc3Cl)C2)s1. The second-order valence-electron chi connectivity index (χ2n) is 7.04. The zero-order chi connectivity index (χ0) is 22.0. The molecule has 1 amide bonds. The Morgan fingerprint density at radius 2 is 1.84 bits per heavy atom. The van der Waals surface area contributed by atoms with E-state index < -0.39 is 10.0 Å². The molecule has 0 radical (unpaired) electrons. The van der Waals surface area contributed by atoms with Crippen molar-refractivity contribution in [3.05, 3.63) is 68.6 Å². The fraction of sp³-hybridized carbons (Fsp3) is 0.250. The van der Waals surface area contributed by atoms with Crippen molar-refractivity contribution < 1.29 is 13.2 Å². The minimum Gasteiger partial charge on any atom is -0.320 e. The molecule has 1 aromatic heterocycles. The second kappa shape index (κ2) is 9.22. The van der Waals surface area contributed by atoms with Crippen LogP contribution < -0.4 is 5.32 Å². The molecule has 2 aromatic carbocycles. The van der Waals surface area contributed by atoms with E-state index in [1.54, 1.807) is 42.5 Å². The van der Waals surface area contributed by atoms with E-state index in [9.17, 15) is 13.2 Å². The van der Waals surface area contributed by atoms with Crippen LogP contribution in [0.2, 0.25) is 10.0 Å². The first-order valence-electron chi connectivity index (χ1n) is 9.49. The van der Waals surface area contributed by atoms with E-state index in [2.05, 4.69) is 15.5 Å². The summed E-state index contributed by atoms with van der Waals surface area (Å²) in [6, 6.07) is 13.2. The number of anilines is 1. The number of hydrogen-bond acceptors (Lipinski definition) is 6. The molecule has 1 atom stereocenters. The van der Waals surface area contributed by atoms with E-state index in [0.717, 1.165) is 6.42 Å². The van der Waals surface area contributed by atoms with Gasteiger partial charge in [0.2, 0.25) is 15.0 Å². The maximum absolute atomic E-state index is 13.1. The highest BCUT2D eigenvalue weighted by atomic mass is 35.5. The molecule has 31 heavy (non-hydrogen) atoms. The number of carbonyl (C=O) groups excluding carboxylic acids is 1. The van der Waals surface area contributed by atoms with Crippen LogP contribution in [0.5, 0.6) is 0 Å². The molecule has 0 saturated carbocycles. The predicted octanol–water partition coefficient (Wildman–Crippen LogP) is 4.67. The highest BCUT2D eigenvalue weighted by Crippen LogP contribution is 2.33. The molecule has 1 aliphatic heterocycles. The average molecular weight is 497 g/mol. The Kier molecular flexibility index (Phi) is 6.59. The van der Waals surface area contributed by atoms with Crippen molar-refractivity contribution in [3.8, 4) is 0 Å². The quantitative estimate of drug-likeness (QED) is 0.554. The minimum absolute atomic E-state index is 0.0950. The van der Waals surface area contributed by atoms with Crippen LogP contribution in [-0.2, 0) is 10.0 Å². The number of benzene rings is 2. The Balaban J connectivity index is 1.48. The molecular weight excluding hydrogens is 479 g/mol. The van der Waals surface area contributed by atoms with Gasteiger partial charge in [0.25, 0.3) is 5.91 Å². The second-order valence-corrected chi connectivity index (χ2v) is 10.8. The van der Waals surface area contributed by atoms with E-state index in [1.807, 2.05) is 0 Å². The first-order chi connectivity index (χ1) is 14.8. The third-order valence-electron chi connectivity index (χ3n) is 4.92. The number of sulfonamides is 1. The Labute approximate surface area is 194 Å². The first kappa shape index (κ1) is 22.2. The third kappa shape index (κ3) is 4.91. The summed E-state index contributed by atoms with van der Waals surface area (Å²) in [7, 11) is -3.72. The average Bonchev–Trinajstić information content (AvgIpc) is 3.26. The Bertz CT molecular complexity index is 1200. The number of nitrogens with zero attached hydrogens (tertiary/aromatic N) is 3. The third-order valence-corrected chi connectivity index (χ3v) is 8.63. The molecule has 1 fully saturated rings. The molecule has 1 aliphatic rings. The van der Waals surface area contributed by atoms with Crippen LogP contribution in [0.3, 0.4) is 0 Å². The zero-order valence-corrected chi connectivity index (χ0v) is 19.3. The first-order valence-corrected chi connectivity index (χ1v) is 12.5. The lowest BCUT2D eigenvalue weighted by molar-refractivity contribution is 0.102. The number of hydrogen-bond donors (Lipinski definition) is 1. The van der Waals surface area contributed by atoms with Crippen molar-refractivity contribution in [1.29, 1.82) is 0 Å². The van der Waals surface area contributed by atoms with E-state index >= 15 is 0 Å². The van der Waals surface area contributed by atoms with Gasteiger partial charge < -0.3 is 5.32 Å². The normalized spacial score (nSPS) is 17.4. The molecule has 0 spiro atoms. The fourth-order valence-corrected chi connectivity index (χ4v) is 6.37. The summed E-state index contributed by atoms with van der Waals surface area (Å²) in [5, 5.41) is 12.5. The molecule has 3 aromatic rings. The molecule has 11 heteroatoms. The zero-order valence-electron chi connectivity index (χ0n) is 16.2. The minimum atomic E-state index is -3.72. The maximum Gasteiger partial charge on any atom is 0.286 e. The Hall–Kier alpha value is -2.04. The molecule has 1 N–H and O–H groups in total. The van der Waals surface area contributed by atoms with Gasteiger partial charge in [0, 0.05) is 29.7 Å². The number of amides is 1. The molecular formula is C20H18Cl2N4O3S2. The standard InChI is InChI=1S/C20H18Cl2N4O3S2/c21-14-7-9-15(10-8-14)23-18(27)20-25-24-19(30-20)13-4-3-11-26(12-13)31(28,29)17-6-2-1-5-16(17)22/h1-2,5-10,13H,3-4,11-12H2,(H,23,27)/t13-/m0/s1. The van der Waals surface area contributed by atoms with Gasteiger partial charge >= 0.3 is 0 Å². The summed E-state index contributed by atoms with van der Waals surface area (Å²) >= 11 is 13.1. The molecule has 162 valence electrons. The lowest BCUT2D eigenvalue weighted by Gasteiger charge is -2.30. The van der Waals surface area contributed by atoms with Crippen molar-refractivity contribution in [2.75, 3.05) is 18.4 Å². The number of halogens is 2. The van der Waals surface area contributed by atoms with Crippen molar-refractivity contribution in [2.45, 2.75) is 23.7 Å². The number of piperidine rings is 1. The van der Waals surface area contributed by atoms with Crippen LogP contribution in [0.1, 0.15) is 33.6 Å². The predicted molar refractivity (Wildman–Crippen MR) is 122 cm³/mol. The van der Waals surface area contributed by atoms with Gasteiger partial charge in [-0.05, 0) is 49.2 Å². The fourth-order valence-electron chi connectivity index (χ4n) is 3.36. The molecule has 1 saturated heterocycles. The van der Waals surface area contributed by atoms with Crippen molar-refractivity contribution in [3.63, 3.8) is 0 Å². The lowest BCUT2D eigenvalue weighted by atomic mass is 10.0. The number of aromatic nitrogens is 2. The van der Waals surface area contributed by atoms with Crippen LogP contribution in [0.4, 0.5) is 5.69 Å². The largest absolute Gasteiger partial charge is 0.320 e. The highest BCUT2D eigenvalue weighted by molar-refractivity contribution is 7.89. The van der Waals surface area contributed by atoms with Gasteiger partial charge in [-0.1, -0.05) is 46.7 Å². The number of rotatable bonds is 5. The lowest BCUT2D eigenvalue weighted by Crippen LogP contribution is -2.39. The Morgan fingerprint density at radius 3 is 2.58 bits per heavy atom. The molecule has 4 rings (SSSR count). The van der Waals surface area contributed by atoms with Crippen molar-refractivity contribution in [1.82, 2.24) is 14.5 Å². The molecule has 2 heterocycles. The monoisotopic (exact) mass is 496 g/mol. The summed E-state index contributed by atoms with van der Waals surface area (Å²) in [5.41, 5.74) is 0.598. The van der Waals surface area contributed by atoms with E-state index in [0.29, 0.717) is 28.7 Å². The van der Waals surface area contributed by atoms with Crippen molar-refractivity contribution in [2.24, 2.45) is 0 Å². The van der Waals surface area contributed by atoms with Crippen LogP contribution in [0, 0.1) is 0 Å². The van der Waals surface area contributed by atoms with Gasteiger partial charge in [0.05, 0.1) is 5.02 Å². The number of nitrogens with one attached hydrogen (secondary N) is 1. The number of carbonyl (C=O) groups is 1. The van der Waals surface area contributed by atoms with Gasteiger partial charge in [0.15, 0.2) is 0 Å². The van der Waals surface area contributed by atoms with E-state index in [1.165, 1.54) is 21.7 Å². The van der Waals surface area contributed by atoms with Gasteiger partial charge in [-0.25, -0.2) is 8.42 Å². The summed E-state index contributed by atoms with van der Waals surface area (Å²) in [6.07, 6.45) is 1.45. The smallest absolute Gasteiger partial charge is 0.286 e. The van der Waals surface area contributed by atoms with Gasteiger partial charge in [-0.15, -0.1) is 10.2 Å². The van der Waals surface area contributed by atoms with Crippen molar-refractivity contribution >= 4 is 56.2 Å². The highest BCUT2D eigenvalue weighted by Gasteiger charge is 2.33. The molecule has 7 nitrogen and oxygen atoms in total. The van der Waals surface area contributed by atoms with Gasteiger partial charge in [-0.2, -0.15) is 4.31 Å². The van der Waals surface area contributed by atoms with E-state index in [-0.39, 0.29) is 33.3 Å². The summed E-state index contributed by atoms with van der Waals surface area (Å²) < 4.78 is 27.5. The van der Waals surface area contributed by atoms with Crippen LogP contribution in [-0.4, -0.2) is 41.9 Å². The summed E-state index contributed by atoms with van der Waals surface area (Å²) in [5.74, 6) is -0.511. The Morgan fingerprint density at radius 1 is 1.10 bits per heavy atom. The molecule has 0 bridgehead atoms. The molecule has 0 aliphatic carbocycles. The summed E-state index contributed by atoms with van der Waals surface area (Å²) in [6.45, 7) is 0.674. The van der Waals surface area contributed by atoms with Crippen LogP contribution in [0.25, 0.3) is 0 Å². The maximum atomic E-state index is 13.1. The van der Waals surface area contributed by atoms with Gasteiger partial charge in [0.1, 0.15) is 9.90 Å². The van der Waals surface area contributed by atoms with E-state index in [4.69, 9.17) is 23.2 Å². The van der Waals surface area contributed by atoms with Gasteiger partial charge in [-0.3, -0.25) is 4.79 Å². The summed E-state index contributed by atoms with van der Waals surface area (Å²) in [4.78, 5) is 12.6. The van der Waals surface area contributed by atoms with Crippen LogP contribution in [0.15, 0.2) is 53.4 Å².